The maximum atomic E-state index is 12.2. The van der Waals surface area contributed by atoms with Crippen LogP contribution in [-0.4, -0.2) is 35.6 Å². The zero-order valence-electron chi connectivity index (χ0n) is 12.3. The number of carbonyl (C=O) groups is 1. The first-order valence-electron chi connectivity index (χ1n) is 7.28. The molecule has 1 aromatic heterocycles. The van der Waals surface area contributed by atoms with Crippen LogP contribution in [0.3, 0.4) is 0 Å². The highest BCUT2D eigenvalue weighted by molar-refractivity contribution is 5.74. The molecule has 1 unspecified atom stereocenters. The van der Waals surface area contributed by atoms with Crippen molar-refractivity contribution in [3.63, 3.8) is 0 Å². The van der Waals surface area contributed by atoms with Gasteiger partial charge in [-0.1, -0.05) is 13.0 Å². The number of hydrogen-bond donors (Lipinski definition) is 1. The molecule has 0 saturated carbocycles. The molecule has 20 heavy (non-hydrogen) atoms. The van der Waals surface area contributed by atoms with Crippen molar-refractivity contribution in [2.75, 3.05) is 13.7 Å². The van der Waals surface area contributed by atoms with E-state index < -0.39 is 0 Å². The van der Waals surface area contributed by atoms with Crippen molar-refractivity contribution in [1.82, 2.24) is 15.2 Å². The third-order valence-electron chi connectivity index (χ3n) is 3.81. The topological polar surface area (TPSA) is 54.5 Å². The summed E-state index contributed by atoms with van der Waals surface area (Å²) in [5.74, 6) is 0.585. The minimum Gasteiger partial charge on any atom is -0.481 e. The van der Waals surface area contributed by atoms with Crippen molar-refractivity contribution in [1.29, 1.82) is 0 Å². The Bertz CT molecular complexity index is 433. The maximum Gasteiger partial charge on any atom is 0.317 e. The molecule has 0 bridgehead atoms. The molecule has 2 rings (SSSR count). The van der Waals surface area contributed by atoms with E-state index in [9.17, 15) is 4.79 Å². The summed E-state index contributed by atoms with van der Waals surface area (Å²) in [6, 6.07) is 4.14. The Kier molecular flexibility index (Phi) is 5.21. The van der Waals surface area contributed by atoms with Gasteiger partial charge in [-0.2, -0.15) is 0 Å². The molecule has 1 saturated heterocycles. The number of ether oxygens (including phenoxy) is 1. The number of pyridine rings is 1. The van der Waals surface area contributed by atoms with Gasteiger partial charge in [-0.05, 0) is 31.2 Å². The SMILES string of the molecule is CCC1CCCCN1C(=O)NCc1ccc(OC)nc1. The van der Waals surface area contributed by atoms with E-state index in [1.165, 1.54) is 6.42 Å². The number of nitrogens with zero attached hydrogens (tertiary/aromatic N) is 2. The van der Waals surface area contributed by atoms with Gasteiger partial charge < -0.3 is 15.0 Å². The highest BCUT2D eigenvalue weighted by Gasteiger charge is 2.24. The normalized spacial score (nSPS) is 18.7. The number of rotatable bonds is 4. The number of carbonyl (C=O) groups excluding carboxylic acids is 1. The van der Waals surface area contributed by atoms with Crippen LogP contribution < -0.4 is 10.1 Å². The summed E-state index contributed by atoms with van der Waals surface area (Å²) in [7, 11) is 1.59. The quantitative estimate of drug-likeness (QED) is 0.920. The van der Waals surface area contributed by atoms with Crippen LogP contribution in [0.15, 0.2) is 18.3 Å². The van der Waals surface area contributed by atoms with E-state index in [0.717, 1.165) is 31.4 Å². The first kappa shape index (κ1) is 14.6. The lowest BCUT2D eigenvalue weighted by Gasteiger charge is -2.35. The number of hydrogen-bond acceptors (Lipinski definition) is 3. The first-order chi connectivity index (χ1) is 9.74. The number of methoxy groups -OCH3 is 1. The molecule has 2 amide bonds. The summed E-state index contributed by atoms with van der Waals surface area (Å²) in [6.45, 7) is 3.51. The summed E-state index contributed by atoms with van der Waals surface area (Å²) < 4.78 is 5.01. The van der Waals surface area contributed by atoms with Crippen molar-refractivity contribution in [2.24, 2.45) is 0 Å². The van der Waals surface area contributed by atoms with Crippen LogP contribution in [0, 0.1) is 0 Å². The monoisotopic (exact) mass is 277 g/mol. The molecule has 2 heterocycles. The van der Waals surface area contributed by atoms with E-state index in [4.69, 9.17) is 4.74 Å². The molecule has 0 aromatic carbocycles. The summed E-state index contributed by atoms with van der Waals surface area (Å²) in [4.78, 5) is 18.3. The van der Waals surface area contributed by atoms with Crippen LogP contribution >= 0.6 is 0 Å². The molecule has 1 aliphatic heterocycles. The lowest BCUT2D eigenvalue weighted by atomic mass is 10.0. The fraction of sp³-hybridized carbons (Fsp3) is 0.600. The second-order valence-electron chi connectivity index (χ2n) is 5.12. The molecule has 1 atom stereocenters. The number of piperidine rings is 1. The summed E-state index contributed by atoms with van der Waals surface area (Å²) in [5.41, 5.74) is 0.976. The van der Waals surface area contributed by atoms with Gasteiger partial charge in [0.25, 0.3) is 0 Å². The zero-order chi connectivity index (χ0) is 14.4. The maximum absolute atomic E-state index is 12.2. The first-order valence-corrected chi connectivity index (χ1v) is 7.28. The fourth-order valence-corrected chi connectivity index (χ4v) is 2.61. The molecule has 1 N–H and O–H groups in total. The number of amides is 2. The highest BCUT2D eigenvalue weighted by atomic mass is 16.5. The Balaban J connectivity index is 1.87. The van der Waals surface area contributed by atoms with Crippen molar-refractivity contribution in [2.45, 2.75) is 45.2 Å². The number of likely N-dealkylation sites (tertiary alicyclic amines) is 1. The number of aromatic nitrogens is 1. The fourth-order valence-electron chi connectivity index (χ4n) is 2.61. The minimum atomic E-state index is 0.0346. The Morgan fingerprint density at radius 1 is 1.50 bits per heavy atom. The van der Waals surface area contributed by atoms with E-state index in [0.29, 0.717) is 18.5 Å². The largest absolute Gasteiger partial charge is 0.481 e. The van der Waals surface area contributed by atoms with Gasteiger partial charge in [0.2, 0.25) is 5.88 Å². The molecule has 1 fully saturated rings. The zero-order valence-corrected chi connectivity index (χ0v) is 12.3. The molecular formula is C15H23N3O2. The van der Waals surface area contributed by atoms with E-state index in [2.05, 4.69) is 17.2 Å². The van der Waals surface area contributed by atoms with Crippen LogP contribution in [0.25, 0.3) is 0 Å². The predicted octanol–water partition coefficient (Wildman–Crippen LogP) is 2.56. The van der Waals surface area contributed by atoms with Crippen LogP contribution in [-0.2, 0) is 6.54 Å². The van der Waals surface area contributed by atoms with Gasteiger partial charge in [0.15, 0.2) is 0 Å². The second-order valence-corrected chi connectivity index (χ2v) is 5.12. The van der Waals surface area contributed by atoms with Gasteiger partial charge in [-0.15, -0.1) is 0 Å². The highest BCUT2D eigenvalue weighted by Crippen LogP contribution is 2.19. The number of nitrogens with one attached hydrogen (secondary N) is 1. The molecule has 0 spiro atoms. The predicted molar refractivity (Wildman–Crippen MR) is 77.7 cm³/mol. The van der Waals surface area contributed by atoms with Crippen LogP contribution in [0.1, 0.15) is 38.2 Å². The van der Waals surface area contributed by atoms with Gasteiger partial charge in [0, 0.05) is 31.4 Å². The van der Waals surface area contributed by atoms with E-state index >= 15 is 0 Å². The standard InChI is InChI=1S/C15H23N3O2/c1-3-13-6-4-5-9-18(13)15(19)17-11-12-7-8-14(20-2)16-10-12/h7-8,10,13H,3-6,9,11H2,1-2H3,(H,17,19). The van der Waals surface area contributed by atoms with Gasteiger partial charge in [-0.3, -0.25) is 0 Å². The van der Waals surface area contributed by atoms with Crippen LogP contribution in [0.5, 0.6) is 5.88 Å². The van der Waals surface area contributed by atoms with Gasteiger partial charge >= 0.3 is 6.03 Å². The van der Waals surface area contributed by atoms with E-state index in [1.54, 1.807) is 19.4 Å². The molecule has 0 aliphatic carbocycles. The van der Waals surface area contributed by atoms with E-state index in [1.807, 2.05) is 11.0 Å². The van der Waals surface area contributed by atoms with E-state index in [-0.39, 0.29) is 6.03 Å². The summed E-state index contributed by atoms with van der Waals surface area (Å²) in [5, 5.41) is 2.98. The van der Waals surface area contributed by atoms with Gasteiger partial charge in [0.05, 0.1) is 7.11 Å². The smallest absolute Gasteiger partial charge is 0.317 e. The third kappa shape index (κ3) is 3.62. The van der Waals surface area contributed by atoms with Gasteiger partial charge in [0.1, 0.15) is 0 Å². The molecule has 110 valence electrons. The number of urea groups is 1. The molecule has 1 aromatic rings. The van der Waals surface area contributed by atoms with Crippen molar-refractivity contribution in [3.05, 3.63) is 23.9 Å². The van der Waals surface area contributed by atoms with Crippen molar-refractivity contribution >= 4 is 6.03 Å². The summed E-state index contributed by atoms with van der Waals surface area (Å²) in [6.07, 6.45) is 6.21. The second kappa shape index (κ2) is 7.12. The van der Waals surface area contributed by atoms with Crippen LogP contribution in [0.2, 0.25) is 0 Å². The summed E-state index contributed by atoms with van der Waals surface area (Å²) >= 11 is 0. The third-order valence-corrected chi connectivity index (χ3v) is 3.81. The molecular weight excluding hydrogens is 254 g/mol. The Morgan fingerprint density at radius 2 is 2.35 bits per heavy atom. The Labute approximate surface area is 120 Å². The minimum absolute atomic E-state index is 0.0346. The van der Waals surface area contributed by atoms with Gasteiger partial charge in [-0.25, -0.2) is 9.78 Å². The van der Waals surface area contributed by atoms with Crippen molar-refractivity contribution in [3.8, 4) is 5.88 Å². The lowest BCUT2D eigenvalue weighted by Crippen LogP contribution is -2.48. The lowest BCUT2D eigenvalue weighted by molar-refractivity contribution is 0.148. The molecule has 0 radical (unpaired) electrons. The Hall–Kier alpha value is -1.78. The molecule has 5 heteroatoms. The van der Waals surface area contributed by atoms with Crippen LogP contribution in [0.4, 0.5) is 4.79 Å². The average Bonchev–Trinajstić information content (AvgIpc) is 2.53. The molecule has 5 nitrogen and oxygen atoms in total. The molecule has 1 aliphatic rings. The van der Waals surface area contributed by atoms with Crippen molar-refractivity contribution < 1.29 is 9.53 Å². The average molecular weight is 277 g/mol. The Morgan fingerprint density at radius 3 is 3.00 bits per heavy atom.